The lowest BCUT2D eigenvalue weighted by Gasteiger charge is -2.26. The van der Waals surface area contributed by atoms with Gasteiger partial charge in [-0.2, -0.15) is 0 Å². The average molecular weight is 511 g/mol. The number of hydrogen-bond donors (Lipinski definition) is 2. The normalized spacial score (nSPS) is 20.8. The van der Waals surface area contributed by atoms with Gasteiger partial charge >= 0.3 is 0 Å². The van der Waals surface area contributed by atoms with Gasteiger partial charge in [0.2, 0.25) is 0 Å². The summed E-state index contributed by atoms with van der Waals surface area (Å²) in [6, 6.07) is 0. The van der Waals surface area contributed by atoms with Gasteiger partial charge < -0.3 is 25.0 Å². The summed E-state index contributed by atoms with van der Waals surface area (Å²) in [6.45, 7) is 12.1. The molecule has 7 heteroatoms. The number of nitrogens with one attached hydrogen (secondary N) is 2. The second-order valence-electron chi connectivity index (χ2n) is 7.81. The first-order valence-corrected chi connectivity index (χ1v) is 11.3. The molecule has 1 atom stereocenters. The zero-order valence-corrected chi connectivity index (χ0v) is 20.3. The molecule has 2 saturated heterocycles. The molecule has 2 aliphatic rings. The van der Waals surface area contributed by atoms with Gasteiger partial charge in [0.05, 0.1) is 13.2 Å². The van der Waals surface area contributed by atoms with E-state index in [0.29, 0.717) is 5.92 Å². The highest BCUT2D eigenvalue weighted by Gasteiger charge is 2.15. The summed E-state index contributed by atoms with van der Waals surface area (Å²) in [6.07, 6.45) is 10.2. The van der Waals surface area contributed by atoms with Crippen LogP contribution in [0.1, 0.15) is 58.3 Å². The monoisotopic (exact) mass is 510 g/mol. The van der Waals surface area contributed by atoms with Crippen LogP contribution >= 0.6 is 24.0 Å². The predicted octanol–water partition coefficient (Wildman–Crippen LogP) is 3.26. The van der Waals surface area contributed by atoms with Crippen LogP contribution in [0.5, 0.6) is 0 Å². The molecule has 0 aromatic heterocycles. The van der Waals surface area contributed by atoms with Gasteiger partial charge in [-0.15, -0.1) is 24.0 Å². The van der Waals surface area contributed by atoms with E-state index in [1.165, 1.54) is 58.2 Å². The van der Waals surface area contributed by atoms with Gasteiger partial charge in [0.25, 0.3) is 0 Å². The third-order valence-electron chi connectivity index (χ3n) is 5.33. The van der Waals surface area contributed by atoms with Crippen molar-refractivity contribution in [3.05, 3.63) is 0 Å². The van der Waals surface area contributed by atoms with Crippen molar-refractivity contribution in [1.29, 1.82) is 0 Å². The summed E-state index contributed by atoms with van der Waals surface area (Å²) >= 11 is 0. The maximum Gasteiger partial charge on any atom is 0.191 e. The number of unbranched alkanes of at least 4 members (excludes halogenated alkanes) is 2. The van der Waals surface area contributed by atoms with Crippen LogP contribution in [0.25, 0.3) is 0 Å². The molecule has 0 radical (unpaired) electrons. The number of aliphatic imine (C=N–C) groups is 1. The molecular formula is C21H43IN4O2. The van der Waals surface area contributed by atoms with E-state index in [2.05, 4.69) is 27.4 Å². The lowest BCUT2D eigenvalue weighted by Crippen LogP contribution is -2.38. The lowest BCUT2D eigenvalue weighted by molar-refractivity contribution is 0.0893. The van der Waals surface area contributed by atoms with Gasteiger partial charge in [-0.05, 0) is 65.1 Å². The Morgan fingerprint density at radius 3 is 2.71 bits per heavy atom. The van der Waals surface area contributed by atoms with Crippen LogP contribution in [0, 0.1) is 5.92 Å². The Balaban J connectivity index is 0.00000392. The zero-order valence-electron chi connectivity index (χ0n) is 17.9. The van der Waals surface area contributed by atoms with E-state index in [1.54, 1.807) is 0 Å². The number of ether oxygens (including phenoxy) is 2. The number of guanidine groups is 1. The predicted molar refractivity (Wildman–Crippen MR) is 128 cm³/mol. The average Bonchev–Trinajstić information content (AvgIpc) is 3.21. The lowest BCUT2D eigenvalue weighted by atomic mass is 10.1. The van der Waals surface area contributed by atoms with Crippen molar-refractivity contribution in [1.82, 2.24) is 15.5 Å². The van der Waals surface area contributed by atoms with Crippen molar-refractivity contribution in [2.45, 2.75) is 58.3 Å². The minimum Gasteiger partial charge on any atom is -0.381 e. The summed E-state index contributed by atoms with van der Waals surface area (Å²) in [5.41, 5.74) is 0. The van der Waals surface area contributed by atoms with Crippen LogP contribution in [-0.2, 0) is 9.47 Å². The highest BCUT2D eigenvalue weighted by molar-refractivity contribution is 14.0. The Morgan fingerprint density at radius 2 is 1.96 bits per heavy atom. The number of piperidine rings is 1. The quantitative estimate of drug-likeness (QED) is 0.173. The molecule has 0 spiro atoms. The number of rotatable bonds is 13. The first kappa shape index (κ1) is 25.9. The number of hydrogen-bond acceptors (Lipinski definition) is 4. The SMILES string of the molecule is CCNC(=NCCCOCC1CCOC1)NCCCCCN1CCCCC1.I. The third kappa shape index (κ3) is 12.4. The molecule has 2 fully saturated rings. The fraction of sp³-hybridized carbons (Fsp3) is 0.952. The van der Waals surface area contributed by atoms with E-state index in [9.17, 15) is 0 Å². The second-order valence-corrected chi connectivity index (χ2v) is 7.81. The maximum absolute atomic E-state index is 5.74. The van der Waals surface area contributed by atoms with E-state index in [1.807, 2.05) is 0 Å². The van der Waals surface area contributed by atoms with Crippen molar-refractivity contribution in [2.24, 2.45) is 10.9 Å². The van der Waals surface area contributed by atoms with Crippen LogP contribution in [0.15, 0.2) is 4.99 Å². The molecule has 0 saturated carbocycles. The molecule has 0 aliphatic carbocycles. The second kappa shape index (κ2) is 17.7. The molecular weight excluding hydrogens is 467 g/mol. The molecule has 0 aromatic carbocycles. The van der Waals surface area contributed by atoms with Crippen molar-refractivity contribution in [3.8, 4) is 0 Å². The van der Waals surface area contributed by atoms with Gasteiger partial charge in [-0.3, -0.25) is 4.99 Å². The van der Waals surface area contributed by atoms with Gasteiger partial charge in [0.1, 0.15) is 0 Å². The van der Waals surface area contributed by atoms with Crippen LogP contribution in [-0.4, -0.2) is 76.6 Å². The first-order valence-electron chi connectivity index (χ1n) is 11.3. The van der Waals surface area contributed by atoms with E-state index in [-0.39, 0.29) is 24.0 Å². The van der Waals surface area contributed by atoms with Crippen molar-refractivity contribution in [2.75, 3.05) is 65.7 Å². The summed E-state index contributed by atoms with van der Waals surface area (Å²) in [5, 5.41) is 6.80. The van der Waals surface area contributed by atoms with E-state index >= 15 is 0 Å². The Labute approximate surface area is 189 Å². The van der Waals surface area contributed by atoms with Gasteiger partial charge in [0.15, 0.2) is 5.96 Å². The van der Waals surface area contributed by atoms with Crippen LogP contribution in [0.3, 0.4) is 0 Å². The van der Waals surface area contributed by atoms with Crippen molar-refractivity contribution in [3.63, 3.8) is 0 Å². The molecule has 0 amide bonds. The fourth-order valence-electron chi connectivity index (χ4n) is 3.69. The van der Waals surface area contributed by atoms with Gasteiger partial charge in [-0.1, -0.05) is 12.8 Å². The molecule has 28 heavy (non-hydrogen) atoms. The first-order chi connectivity index (χ1) is 13.4. The topological polar surface area (TPSA) is 58.1 Å². The summed E-state index contributed by atoms with van der Waals surface area (Å²) in [7, 11) is 0. The highest BCUT2D eigenvalue weighted by Crippen LogP contribution is 2.12. The van der Waals surface area contributed by atoms with Crippen LogP contribution < -0.4 is 10.6 Å². The molecule has 166 valence electrons. The third-order valence-corrected chi connectivity index (χ3v) is 5.33. The molecule has 2 aliphatic heterocycles. The Bertz CT molecular complexity index is 387. The molecule has 2 N–H and O–H groups in total. The number of likely N-dealkylation sites (tertiary alicyclic amines) is 1. The smallest absolute Gasteiger partial charge is 0.191 e. The van der Waals surface area contributed by atoms with E-state index in [4.69, 9.17) is 9.47 Å². The summed E-state index contributed by atoms with van der Waals surface area (Å²) < 4.78 is 11.1. The highest BCUT2D eigenvalue weighted by atomic mass is 127. The standard InChI is InChI=1S/C21H42N4O2.HI/c1-2-22-21(24-12-9-16-26-18-20-10-17-27-19-20)23-11-5-3-6-13-25-14-7-4-8-15-25;/h20H,2-19H2,1H3,(H2,22,23,24);1H. The Hall–Kier alpha value is -0.120. The summed E-state index contributed by atoms with van der Waals surface area (Å²) in [4.78, 5) is 7.28. The van der Waals surface area contributed by atoms with Crippen molar-refractivity contribution < 1.29 is 9.47 Å². The minimum absolute atomic E-state index is 0. The Kier molecular flexibility index (Phi) is 16.4. The van der Waals surface area contributed by atoms with E-state index < -0.39 is 0 Å². The molecule has 2 heterocycles. The molecule has 1 unspecified atom stereocenters. The maximum atomic E-state index is 5.74. The Morgan fingerprint density at radius 1 is 1.11 bits per heavy atom. The van der Waals surface area contributed by atoms with Crippen molar-refractivity contribution >= 4 is 29.9 Å². The molecule has 0 aromatic rings. The van der Waals surface area contributed by atoms with E-state index in [0.717, 1.165) is 64.9 Å². The summed E-state index contributed by atoms with van der Waals surface area (Å²) in [5.74, 6) is 1.54. The number of halogens is 1. The van der Waals surface area contributed by atoms with Gasteiger partial charge in [-0.25, -0.2) is 0 Å². The largest absolute Gasteiger partial charge is 0.381 e. The minimum atomic E-state index is 0. The molecule has 0 bridgehead atoms. The van der Waals surface area contributed by atoms with Gasteiger partial charge in [0, 0.05) is 38.8 Å². The van der Waals surface area contributed by atoms with Crippen LogP contribution in [0.4, 0.5) is 0 Å². The fourth-order valence-corrected chi connectivity index (χ4v) is 3.69. The van der Waals surface area contributed by atoms with Crippen LogP contribution in [0.2, 0.25) is 0 Å². The molecule has 6 nitrogen and oxygen atoms in total. The molecule has 2 rings (SSSR count). The number of nitrogens with zero attached hydrogens (tertiary/aromatic N) is 2. The zero-order chi connectivity index (χ0) is 19.0.